The highest BCUT2D eigenvalue weighted by molar-refractivity contribution is 5.83. The number of aryl methyl sites for hydroxylation is 2. The molecule has 0 fully saturated rings. The number of aliphatic hydroxyl groups excluding tert-OH is 1. The lowest BCUT2D eigenvalue weighted by atomic mass is 10.1. The minimum Gasteiger partial charge on any atom is -0.484 e. The standard InChI is InChI=1S/C20H25N3O3/c1-15-10-16(2)12-19(11-15)26-14-20(25)22-21-13-17-4-6-18(7-5-17)23(3)8-9-24/h4-7,10-13,24H,8-9,14H2,1-3H3,(H,22,25)/b21-13-. The monoisotopic (exact) mass is 355 g/mol. The average molecular weight is 355 g/mol. The predicted octanol–water partition coefficient (Wildman–Crippen LogP) is 2.26. The molecule has 0 atom stereocenters. The van der Waals surface area contributed by atoms with Crippen LogP contribution in [0, 0.1) is 13.8 Å². The van der Waals surface area contributed by atoms with E-state index in [1.165, 1.54) is 0 Å². The number of aliphatic hydroxyl groups is 1. The first-order valence-corrected chi connectivity index (χ1v) is 8.43. The molecule has 138 valence electrons. The normalized spacial score (nSPS) is 10.8. The van der Waals surface area contributed by atoms with Gasteiger partial charge in [0.15, 0.2) is 6.61 Å². The molecule has 0 aromatic heterocycles. The molecule has 0 saturated heterocycles. The van der Waals surface area contributed by atoms with Gasteiger partial charge in [-0.3, -0.25) is 4.79 Å². The van der Waals surface area contributed by atoms with Crippen molar-refractivity contribution in [2.75, 3.05) is 31.7 Å². The summed E-state index contributed by atoms with van der Waals surface area (Å²) in [6, 6.07) is 13.5. The van der Waals surface area contributed by atoms with Gasteiger partial charge in [0.25, 0.3) is 5.91 Å². The van der Waals surface area contributed by atoms with Gasteiger partial charge in [-0.2, -0.15) is 5.10 Å². The van der Waals surface area contributed by atoms with E-state index < -0.39 is 0 Å². The number of hydrogen-bond acceptors (Lipinski definition) is 5. The summed E-state index contributed by atoms with van der Waals surface area (Å²) < 4.78 is 5.49. The van der Waals surface area contributed by atoms with E-state index in [0.29, 0.717) is 12.3 Å². The number of carbonyl (C=O) groups is 1. The van der Waals surface area contributed by atoms with Crippen molar-refractivity contribution in [1.29, 1.82) is 0 Å². The predicted molar refractivity (Wildman–Crippen MR) is 104 cm³/mol. The third-order valence-electron chi connectivity index (χ3n) is 3.74. The molecule has 0 aliphatic rings. The Morgan fingerprint density at radius 2 is 1.85 bits per heavy atom. The number of hydrogen-bond donors (Lipinski definition) is 2. The van der Waals surface area contributed by atoms with Crippen LogP contribution in [-0.2, 0) is 4.79 Å². The van der Waals surface area contributed by atoms with Crippen molar-refractivity contribution in [2.45, 2.75) is 13.8 Å². The van der Waals surface area contributed by atoms with Crippen LogP contribution < -0.4 is 15.1 Å². The second-order valence-electron chi connectivity index (χ2n) is 6.14. The zero-order chi connectivity index (χ0) is 18.9. The van der Waals surface area contributed by atoms with Crippen molar-refractivity contribution in [3.05, 3.63) is 59.2 Å². The minimum absolute atomic E-state index is 0.0921. The van der Waals surface area contributed by atoms with Gasteiger partial charge >= 0.3 is 0 Å². The maximum Gasteiger partial charge on any atom is 0.277 e. The van der Waals surface area contributed by atoms with Crippen LogP contribution in [0.4, 0.5) is 5.69 Å². The molecule has 1 amide bonds. The van der Waals surface area contributed by atoms with E-state index in [9.17, 15) is 4.79 Å². The molecule has 0 spiro atoms. The maximum atomic E-state index is 11.8. The third kappa shape index (κ3) is 6.22. The highest BCUT2D eigenvalue weighted by Crippen LogP contribution is 2.16. The topological polar surface area (TPSA) is 74.2 Å². The fraction of sp³-hybridized carbons (Fsp3) is 0.300. The largest absolute Gasteiger partial charge is 0.484 e. The maximum absolute atomic E-state index is 11.8. The summed E-state index contributed by atoms with van der Waals surface area (Å²) in [6.07, 6.45) is 1.57. The van der Waals surface area contributed by atoms with E-state index in [-0.39, 0.29) is 19.1 Å². The molecule has 0 bridgehead atoms. The van der Waals surface area contributed by atoms with E-state index in [4.69, 9.17) is 9.84 Å². The molecular formula is C20H25N3O3. The fourth-order valence-electron chi connectivity index (χ4n) is 2.47. The lowest BCUT2D eigenvalue weighted by Crippen LogP contribution is -2.24. The van der Waals surface area contributed by atoms with Crippen molar-refractivity contribution in [3.63, 3.8) is 0 Å². The van der Waals surface area contributed by atoms with Gasteiger partial charge in [-0.05, 0) is 54.8 Å². The van der Waals surface area contributed by atoms with E-state index >= 15 is 0 Å². The fourth-order valence-corrected chi connectivity index (χ4v) is 2.47. The van der Waals surface area contributed by atoms with Crippen molar-refractivity contribution in [2.24, 2.45) is 5.10 Å². The number of anilines is 1. The lowest BCUT2D eigenvalue weighted by Gasteiger charge is -2.17. The van der Waals surface area contributed by atoms with Gasteiger partial charge in [0.1, 0.15) is 5.75 Å². The quantitative estimate of drug-likeness (QED) is 0.563. The molecule has 2 aromatic rings. The zero-order valence-electron chi connectivity index (χ0n) is 15.4. The summed E-state index contributed by atoms with van der Waals surface area (Å²) in [5.74, 6) is 0.351. The first-order chi connectivity index (χ1) is 12.5. The first-order valence-electron chi connectivity index (χ1n) is 8.43. The van der Waals surface area contributed by atoms with Crippen LogP contribution in [0.5, 0.6) is 5.75 Å². The van der Waals surface area contributed by atoms with Crippen LogP contribution in [-0.4, -0.2) is 44.0 Å². The van der Waals surface area contributed by atoms with Crippen LogP contribution in [0.3, 0.4) is 0 Å². The van der Waals surface area contributed by atoms with Crippen LogP contribution in [0.25, 0.3) is 0 Å². The highest BCUT2D eigenvalue weighted by atomic mass is 16.5. The Labute approximate surface area is 154 Å². The Bertz CT molecular complexity index is 737. The molecule has 0 aliphatic heterocycles. The van der Waals surface area contributed by atoms with Gasteiger partial charge in [0.2, 0.25) is 0 Å². The molecule has 0 heterocycles. The Hall–Kier alpha value is -2.86. The van der Waals surface area contributed by atoms with Gasteiger partial charge in [-0.15, -0.1) is 0 Å². The number of carbonyl (C=O) groups excluding carboxylic acids is 1. The van der Waals surface area contributed by atoms with Gasteiger partial charge in [-0.1, -0.05) is 18.2 Å². The highest BCUT2D eigenvalue weighted by Gasteiger charge is 2.03. The van der Waals surface area contributed by atoms with Gasteiger partial charge in [0.05, 0.1) is 12.8 Å². The summed E-state index contributed by atoms with van der Waals surface area (Å²) in [7, 11) is 1.91. The number of hydrazone groups is 1. The second kappa shape index (κ2) is 9.58. The Balaban J connectivity index is 1.81. The van der Waals surface area contributed by atoms with Crippen LogP contribution in [0.1, 0.15) is 16.7 Å². The molecule has 2 aromatic carbocycles. The van der Waals surface area contributed by atoms with Gasteiger partial charge in [-0.25, -0.2) is 5.43 Å². The van der Waals surface area contributed by atoms with E-state index in [0.717, 1.165) is 22.4 Å². The van der Waals surface area contributed by atoms with Gasteiger partial charge in [0, 0.05) is 19.3 Å². The molecule has 6 heteroatoms. The summed E-state index contributed by atoms with van der Waals surface area (Å²) in [5.41, 5.74) is 6.49. The summed E-state index contributed by atoms with van der Waals surface area (Å²) in [5, 5.41) is 12.9. The molecule has 0 radical (unpaired) electrons. The molecule has 0 saturated carbocycles. The molecule has 2 rings (SSSR count). The summed E-state index contributed by atoms with van der Waals surface area (Å²) in [4.78, 5) is 13.8. The van der Waals surface area contributed by atoms with Crippen LogP contribution in [0.15, 0.2) is 47.6 Å². The number of benzene rings is 2. The number of nitrogens with one attached hydrogen (secondary N) is 1. The number of likely N-dealkylation sites (N-methyl/N-ethyl adjacent to an activating group) is 1. The molecule has 26 heavy (non-hydrogen) atoms. The van der Waals surface area contributed by atoms with Crippen molar-refractivity contribution < 1.29 is 14.6 Å². The molecule has 0 unspecified atom stereocenters. The van der Waals surface area contributed by atoms with Crippen LogP contribution in [0.2, 0.25) is 0 Å². The number of amides is 1. The van der Waals surface area contributed by atoms with E-state index in [2.05, 4.69) is 10.5 Å². The van der Waals surface area contributed by atoms with Crippen molar-refractivity contribution in [3.8, 4) is 5.75 Å². The summed E-state index contributed by atoms with van der Waals surface area (Å²) >= 11 is 0. The van der Waals surface area contributed by atoms with E-state index in [1.807, 2.05) is 68.3 Å². The van der Waals surface area contributed by atoms with Crippen molar-refractivity contribution >= 4 is 17.8 Å². The molecule has 6 nitrogen and oxygen atoms in total. The van der Waals surface area contributed by atoms with Crippen molar-refractivity contribution in [1.82, 2.24) is 5.43 Å². The SMILES string of the molecule is Cc1cc(C)cc(OCC(=O)N/N=C\c2ccc(N(C)CCO)cc2)c1. The third-order valence-corrected chi connectivity index (χ3v) is 3.74. The zero-order valence-corrected chi connectivity index (χ0v) is 15.4. The second-order valence-corrected chi connectivity index (χ2v) is 6.14. The van der Waals surface area contributed by atoms with Gasteiger partial charge < -0.3 is 14.7 Å². The summed E-state index contributed by atoms with van der Waals surface area (Å²) in [6.45, 7) is 4.55. The molecular weight excluding hydrogens is 330 g/mol. The molecule has 0 aliphatic carbocycles. The number of nitrogens with zero attached hydrogens (tertiary/aromatic N) is 2. The Morgan fingerprint density at radius 3 is 2.46 bits per heavy atom. The smallest absolute Gasteiger partial charge is 0.277 e. The Morgan fingerprint density at radius 1 is 1.19 bits per heavy atom. The van der Waals surface area contributed by atoms with Crippen LogP contribution >= 0.6 is 0 Å². The first kappa shape index (κ1) is 19.5. The average Bonchev–Trinajstić information content (AvgIpc) is 2.60. The number of rotatable bonds is 8. The lowest BCUT2D eigenvalue weighted by molar-refractivity contribution is -0.123. The Kier molecular flexibility index (Phi) is 7.17. The molecule has 2 N–H and O–H groups in total. The minimum atomic E-state index is -0.320. The van der Waals surface area contributed by atoms with E-state index in [1.54, 1.807) is 6.21 Å². The number of ether oxygens (including phenoxy) is 1.